The zero-order chi connectivity index (χ0) is 18.0. The number of carboxylic acid groups (broad SMARTS) is 1. The van der Waals surface area contributed by atoms with E-state index >= 15 is 0 Å². The minimum atomic E-state index is -1.09. The molecule has 3 aromatic carbocycles. The van der Waals surface area contributed by atoms with Crippen LogP contribution < -0.4 is 4.74 Å². The van der Waals surface area contributed by atoms with Crippen LogP contribution in [0.2, 0.25) is 0 Å². The molecule has 0 radical (unpaired) electrons. The van der Waals surface area contributed by atoms with Gasteiger partial charge in [0.25, 0.3) is 0 Å². The number of carbonyl (C=O) groups is 2. The number of rotatable bonds is 4. The van der Waals surface area contributed by atoms with Gasteiger partial charge < -0.3 is 14.6 Å². The van der Waals surface area contributed by atoms with Crippen molar-refractivity contribution in [3.05, 3.63) is 65.7 Å². The van der Waals surface area contributed by atoms with Crippen molar-refractivity contribution < 1.29 is 24.2 Å². The largest absolute Gasteiger partial charge is 0.497 e. The number of carbonyl (C=O) groups excluding carboxylic acids is 1. The molecule has 0 aliphatic carbocycles. The highest BCUT2D eigenvalue weighted by atomic mass is 16.5. The zero-order valence-corrected chi connectivity index (χ0v) is 13.8. The molecule has 0 aliphatic rings. The topological polar surface area (TPSA) is 72.8 Å². The van der Waals surface area contributed by atoms with Crippen LogP contribution in [-0.4, -0.2) is 31.3 Å². The van der Waals surface area contributed by atoms with E-state index in [2.05, 4.69) is 0 Å². The Bertz CT molecular complexity index is 958. The first-order valence-electron chi connectivity index (χ1n) is 7.58. The quantitative estimate of drug-likeness (QED) is 0.729. The molecule has 126 valence electrons. The second kappa shape index (κ2) is 6.65. The Labute approximate surface area is 144 Å². The predicted molar refractivity (Wildman–Crippen MR) is 94.2 cm³/mol. The van der Waals surface area contributed by atoms with Crippen LogP contribution in [0.25, 0.3) is 21.9 Å². The third kappa shape index (κ3) is 2.92. The maximum absolute atomic E-state index is 12.5. The van der Waals surface area contributed by atoms with Crippen LogP contribution in [0.5, 0.6) is 5.75 Å². The highest BCUT2D eigenvalue weighted by molar-refractivity contribution is 6.16. The fourth-order valence-corrected chi connectivity index (χ4v) is 2.88. The van der Waals surface area contributed by atoms with E-state index in [1.54, 1.807) is 43.5 Å². The first kappa shape index (κ1) is 16.5. The summed E-state index contributed by atoms with van der Waals surface area (Å²) in [6.45, 7) is 0. The molecule has 0 bridgehead atoms. The van der Waals surface area contributed by atoms with Crippen molar-refractivity contribution in [3.8, 4) is 16.9 Å². The standard InChI is InChI=1S/C20H16O5/c1-24-14-9-6-12(7-10-14)15-11-8-13-4-3-5-16(19(21)22)17(13)18(15)20(23)25-2/h3-11H,1-2H3,(H,21,22). The van der Waals surface area contributed by atoms with Gasteiger partial charge in [-0.05, 0) is 34.7 Å². The van der Waals surface area contributed by atoms with Gasteiger partial charge in [0.05, 0.1) is 25.3 Å². The molecular weight excluding hydrogens is 320 g/mol. The van der Waals surface area contributed by atoms with Crippen molar-refractivity contribution in [2.24, 2.45) is 0 Å². The minimum absolute atomic E-state index is 0.0632. The molecule has 0 spiro atoms. The lowest BCUT2D eigenvalue weighted by Gasteiger charge is -2.14. The molecule has 0 heterocycles. The van der Waals surface area contributed by atoms with Crippen LogP contribution >= 0.6 is 0 Å². The summed E-state index contributed by atoms with van der Waals surface area (Å²) in [6.07, 6.45) is 0. The summed E-state index contributed by atoms with van der Waals surface area (Å²) in [5, 5.41) is 10.6. The number of carboxylic acids is 1. The molecule has 3 rings (SSSR count). The second-order valence-corrected chi connectivity index (χ2v) is 5.42. The molecule has 5 heteroatoms. The first-order valence-corrected chi connectivity index (χ1v) is 7.58. The molecule has 0 aromatic heterocycles. The van der Waals surface area contributed by atoms with E-state index in [1.807, 2.05) is 12.1 Å². The van der Waals surface area contributed by atoms with Gasteiger partial charge in [0.15, 0.2) is 0 Å². The molecule has 5 nitrogen and oxygen atoms in total. The van der Waals surface area contributed by atoms with Crippen LogP contribution in [0.3, 0.4) is 0 Å². The number of ether oxygens (including phenoxy) is 2. The van der Waals surface area contributed by atoms with Crippen LogP contribution in [-0.2, 0) is 4.74 Å². The summed E-state index contributed by atoms with van der Waals surface area (Å²) < 4.78 is 10.1. The van der Waals surface area contributed by atoms with Crippen LogP contribution in [0.4, 0.5) is 0 Å². The molecular formula is C20H16O5. The fourth-order valence-electron chi connectivity index (χ4n) is 2.88. The smallest absolute Gasteiger partial charge is 0.339 e. The van der Waals surface area contributed by atoms with Gasteiger partial charge in [-0.15, -0.1) is 0 Å². The molecule has 0 amide bonds. The van der Waals surface area contributed by atoms with E-state index in [0.717, 1.165) is 5.56 Å². The molecule has 0 atom stereocenters. The first-order chi connectivity index (χ1) is 12.1. The second-order valence-electron chi connectivity index (χ2n) is 5.42. The molecule has 0 saturated heterocycles. The summed E-state index contributed by atoms with van der Waals surface area (Å²) >= 11 is 0. The molecule has 0 saturated carbocycles. The van der Waals surface area contributed by atoms with Crippen molar-refractivity contribution in [3.63, 3.8) is 0 Å². The van der Waals surface area contributed by atoms with Gasteiger partial charge in [-0.1, -0.05) is 36.4 Å². The molecule has 25 heavy (non-hydrogen) atoms. The van der Waals surface area contributed by atoms with Crippen molar-refractivity contribution >= 4 is 22.7 Å². The van der Waals surface area contributed by atoms with Crippen LogP contribution in [0.1, 0.15) is 20.7 Å². The van der Waals surface area contributed by atoms with Crippen molar-refractivity contribution in [2.45, 2.75) is 0 Å². The van der Waals surface area contributed by atoms with Crippen molar-refractivity contribution in [2.75, 3.05) is 14.2 Å². The summed E-state index contributed by atoms with van der Waals surface area (Å²) in [5.74, 6) is -0.983. The number of hydrogen-bond acceptors (Lipinski definition) is 4. The molecule has 0 unspecified atom stereocenters. The third-order valence-electron chi connectivity index (χ3n) is 4.07. The maximum atomic E-state index is 12.5. The van der Waals surface area contributed by atoms with Gasteiger partial charge in [-0.25, -0.2) is 9.59 Å². The Hall–Kier alpha value is -3.34. The van der Waals surface area contributed by atoms with E-state index < -0.39 is 11.9 Å². The monoisotopic (exact) mass is 336 g/mol. The normalized spacial score (nSPS) is 10.5. The zero-order valence-electron chi connectivity index (χ0n) is 13.8. The van der Waals surface area contributed by atoms with E-state index in [0.29, 0.717) is 22.1 Å². The molecule has 3 aromatic rings. The SMILES string of the molecule is COC(=O)c1c(-c2ccc(OC)cc2)ccc2cccc(C(=O)O)c12. The highest BCUT2D eigenvalue weighted by Crippen LogP contribution is 2.33. The number of hydrogen-bond donors (Lipinski definition) is 1. The van der Waals surface area contributed by atoms with Gasteiger partial charge >= 0.3 is 11.9 Å². The molecule has 1 N–H and O–H groups in total. The lowest BCUT2D eigenvalue weighted by atomic mass is 9.91. The minimum Gasteiger partial charge on any atom is -0.497 e. The lowest BCUT2D eigenvalue weighted by molar-refractivity contribution is 0.0604. The molecule has 0 aliphatic heterocycles. The van der Waals surface area contributed by atoms with Gasteiger partial charge in [-0.3, -0.25) is 0 Å². The summed E-state index contributed by atoms with van der Waals surface area (Å²) in [4.78, 5) is 24.1. The average Bonchev–Trinajstić information content (AvgIpc) is 2.65. The number of fused-ring (bicyclic) bond motifs is 1. The Balaban J connectivity index is 2.37. The van der Waals surface area contributed by atoms with E-state index in [1.165, 1.54) is 13.2 Å². The number of benzene rings is 3. The van der Waals surface area contributed by atoms with Gasteiger partial charge in [0.1, 0.15) is 5.75 Å². The maximum Gasteiger partial charge on any atom is 0.339 e. The van der Waals surface area contributed by atoms with Crippen LogP contribution in [0, 0.1) is 0 Å². The fraction of sp³-hybridized carbons (Fsp3) is 0.100. The average molecular weight is 336 g/mol. The number of aromatic carboxylic acids is 1. The Kier molecular flexibility index (Phi) is 4.39. The van der Waals surface area contributed by atoms with E-state index in [9.17, 15) is 14.7 Å². The van der Waals surface area contributed by atoms with Crippen molar-refractivity contribution in [1.29, 1.82) is 0 Å². The predicted octanol–water partition coefficient (Wildman–Crippen LogP) is 4.00. The Morgan fingerprint density at radius 1 is 0.920 bits per heavy atom. The van der Waals surface area contributed by atoms with E-state index in [-0.39, 0.29) is 11.1 Å². The molecule has 0 fully saturated rings. The van der Waals surface area contributed by atoms with Gasteiger partial charge in [0.2, 0.25) is 0 Å². The summed E-state index contributed by atoms with van der Waals surface area (Å²) in [6, 6.07) is 15.7. The van der Waals surface area contributed by atoms with Crippen molar-refractivity contribution in [1.82, 2.24) is 0 Å². The Morgan fingerprint density at radius 2 is 1.64 bits per heavy atom. The summed E-state index contributed by atoms with van der Waals surface area (Å²) in [7, 11) is 2.85. The van der Waals surface area contributed by atoms with Gasteiger partial charge in [-0.2, -0.15) is 0 Å². The third-order valence-corrected chi connectivity index (χ3v) is 4.07. The number of esters is 1. The highest BCUT2D eigenvalue weighted by Gasteiger charge is 2.21. The van der Waals surface area contributed by atoms with Crippen LogP contribution in [0.15, 0.2) is 54.6 Å². The van der Waals surface area contributed by atoms with E-state index in [4.69, 9.17) is 9.47 Å². The Morgan fingerprint density at radius 3 is 2.24 bits per heavy atom. The lowest BCUT2D eigenvalue weighted by Crippen LogP contribution is -2.08. The number of methoxy groups -OCH3 is 2. The van der Waals surface area contributed by atoms with Gasteiger partial charge in [0, 0.05) is 5.39 Å². The summed E-state index contributed by atoms with van der Waals surface area (Å²) in [5.41, 5.74) is 1.68.